The molecular weight excluding hydrogens is 268 g/mol. The summed E-state index contributed by atoms with van der Waals surface area (Å²) in [7, 11) is 0. The van der Waals surface area contributed by atoms with E-state index in [0.29, 0.717) is 18.1 Å². The van der Waals surface area contributed by atoms with Crippen LogP contribution in [0.1, 0.15) is 5.56 Å². The molecule has 76 valence electrons. The molecule has 0 saturated carbocycles. The molecule has 0 saturated heterocycles. The fourth-order valence-corrected chi connectivity index (χ4v) is 1.66. The van der Waals surface area contributed by atoms with E-state index in [4.69, 9.17) is 11.6 Å². The molecule has 4 heteroatoms. The third-order valence-electron chi connectivity index (χ3n) is 1.57. The number of hydrogen-bond acceptors (Lipinski definition) is 1. The first-order valence-corrected chi connectivity index (χ1v) is 5.24. The van der Waals surface area contributed by atoms with Crippen molar-refractivity contribution in [2.75, 3.05) is 6.54 Å². The molecule has 0 bridgehead atoms. The largest absolute Gasteiger partial charge is 0.308 e. The van der Waals surface area contributed by atoms with Crippen LogP contribution in [0.3, 0.4) is 0 Å². The van der Waals surface area contributed by atoms with Crippen LogP contribution in [0, 0.1) is 5.82 Å². The van der Waals surface area contributed by atoms with Crippen molar-refractivity contribution in [3.8, 4) is 0 Å². The van der Waals surface area contributed by atoms with Crippen molar-refractivity contribution in [1.82, 2.24) is 5.32 Å². The number of halogens is 3. The molecule has 0 heterocycles. The van der Waals surface area contributed by atoms with Gasteiger partial charge in [-0.2, -0.15) is 0 Å². The molecule has 0 aliphatic rings. The van der Waals surface area contributed by atoms with Crippen molar-refractivity contribution in [3.05, 3.63) is 45.7 Å². The summed E-state index contributed by atoms with van der Waals surface area (Å²) in [6.45, 7) is 4.64. The van der Waals surface area contributed by atoms with Crippen LogP contribution in [0.4, 0.5) is 4.39 Å². The highest BCUT2D eigenvalue weighted by atomic mass is 79.9. The van der Waals surface area contributed by atoms with Crippen LogP contribution in [0.5, 0.6) is 0 Å². The Morgan fingerprint density at radius 3 is 2.79 bits per heavy atom. The molecule has 0 radical (unpaired) electrons. The lowest BCUT2D eigenvalue weighted by Crippen LogP contribution is -2.14. The van der Waals surface area contributed by atoms with Gasteiger partial charge < -0.3 is 5.32 Å². The first-order valence-electron chi connectivity index (χ1n) is 4.07. The van der Waals surface area contributed by atoms with Gasteiger partial charge in [0.1, 0.15) is 5.82 Å². The van der Waals surface area contributed by atoms with Crippen molar-refractivity contribution in [2.24, 2.45) is 0 Å². The van der Waals surface area contributed by atoms with Gasteiger partial charge in [-0.1, -0.05) is 34.1 Å². The standard InChI is InChI=1S/C10H10BrClFN/c1-7(12)5-14-6-8-2-9(11)4-10(13)3-8/h2-4,14H,1,5-6H2. The summed E-state index contributed by atoms with van der Waals surface area (Å²) in [5, 5.41) is 3.58. The quantitative estimate of drug-likeness (QED) is 0.890. The summed E-state index contributed by atoms with van der Waals surface area (Å²) in [6, 6.07) is 4.76. The summed E-state index contributed by atoms with van der Waals surface area (Å²) < 4.78 is 13.6. The molecule has 0 aliphatic heterocycles. The Kier molecular flexibility index (Phi) is 4.58. The molecule has 1 nitrogen and oxygen atoms in total. The average Bonchev–Trinajstić information content (AvgIpc) is 2.01. The Morgan fingerprint density at radius 1 is 1.50 bits per heavy atom. The Labute approximate surface area is 96.1 Å². The van der Waals surface area contributed by atoms with E-state index in [-0.39, 0.29) is 5.82 Å². The van der Waals surface area contributed by atoms with E-state index in [2.05, 4.69) is 27.8 Å². The van der Waals surface area contributed by atoms with Crippen LogP contribution < -0.4 is 5.32 Å². The van der Waals surface area contributed by atoms with Crippen molar-refractivity contribution in [3.63, 3.8) is 0 Å². The number of rotatable bonds is 4. The molecule has 0 amide bonds. The highest BCUT2D eigenvalue weighted by Gasteiger charge is 1.98. The molecule has 1 aromatic carbocycles. The minimum Gasteiger partial charge on any atom is -0.308 e. The van der Waals surface area contributed by atoms with E-state index in [1.54, 1.807) is 0 Å². The van der Waals surface area contributed by atoms with Crippen LogP contribution >= 0.6 is 27.5 Å². The van der Waals surface area contributed by atoms with Crippen LogP contribution in [0.2, 0.25) is 0 Å². The predicted molar refractivity (Wildman–Crippen MR) is 60.8 cm³/mol. The van der Waals surface area contributed by atoms with Gasteiger partial charge >= 0.3 is 0 Å². The average molecular weight is 279 g/mol. The van der Waals surface area contributed by atoms with Gasteiger partial charge in [0.2, 0.25) is 0 Å². The molecule has 0 aromatic heterocycles. The molecule has 0 fully saturated rings. The second-order valence-electron chi connectivity index (χ2n) is 2.90. The summed E-state index contributed by atoms with van der Waals surface area (Å²) in [6.07, 6.45) is 0. The van der Waals surface area contributed by atoms with Gasteiger partial charge in [0.05, 0.1) is 0 Å². The van der Waals surface area contributed by atoms with Crippen LogP contribution in [-0.2, 0) is 6.54 Å². The molecular formula is C10H10BrClFN. The lowest BCUT2D eigenvalue weighted by atomic mass is 10.2. The van der Waals surface area contributed by atoms with E-state index in [0.717, 1.165) is 10.0 Å². The Morgan fingerprint density at radius 2 is 2.21 bits per heavy atom. The Balaban J connectivity index is 2.54. The van der Waals surface area contributed by atoms with Gasteiger partial charge in [0.25, 0.3) is 0 Å². The van der Waals surface area contributed by atoms with Gasteiger partial charge in [-0.15, -0.1) is 0 Å². The zero-order valence-electron chi connectivity index (χ0n) is 7.49. The van der Waals surface area contributed by atoms with Gasteiger partial charge in [-0.05, 0) is 23.8 Å². The highest BCUT2D eigenvalue weighted by molar-refractivity contribution is 9.10. The van der Waals surface area contributed by atoms with Crippen LogP contribution in [0.25, 0.3) is 0 Å². The minimum absolute atomic E-state index is 0.249. The van der Waals surface area contributed by atoms with E-state index in [9.17, 15) is 4.39 Å². The maximum Gasteiger partial charge on any atom is 0.124 e. The summed E-state index contributed by atoms with van der Waals surface area (Å²) >= 11 is 8.79. The predicted octanol–water partition coefficient (Wildman–Crippen LogP) is 3.43. The molecule has 14 heavy (non-hydrogen) atoms. The van der Waals surface area contributed by atoms with E-state index in [1.165, 1.54) is 12.1 Å². The third-order valence-corrected chi connectivity index (χ3v) is 2.16. The molecule has 1 rings (SSSR count). The van der Waals surface area contributed by atoms with E-state index in [1.807, 2.05) is 6.07 Å². The van der Waals surface area contributed by atoms with Gasteiger partial charge in [0, 0.05) is 22.6 Å². The van der Waals surface area contributed by atoms with Crippen molar-refractivity contribution < 1.29 is 4.39 Å². The molecule has 1 N–H and O–H groups in total. The minimum atomic E-state index is -0.249. The maximum atomic E-state index is 12.9. The summed E-state index contributed by atoms with van der Waals surface area (Å²) in [5.74, 6) is -0.249. The van der Waals surface area contributed by atoms with E-state index < -0.39 is 0 Å². The van der Waals surface area contributed by atoms with Crippen molar-refractivity contribution in [2.45, 2.75) is 6.54 Å². The Hall–Kier alpha value is -0.380. The normalized spacial score (nSPS) is 10.2. The van der Waals surface area contributed by atoms with Crippen molar-refractivity contribution in [1.29, 1.82) is 0 Å². The fourth-order valence-electron chi connectivity index (χ4n) is 1.06. The second-order valence-corrected chi connectivity index (χ2v) is 4.35. The summed E-state index contributed by atoms with van der Waals surface area (Å²) in [4.78, 5) is 0. The van der Waals surface area contributed by atoms with Crippen LogP contribution in [-0.4, -0.2) is 6.54 Å². The number of benzene rings is 1. The number of nitrogens with one attached hydrogen (secondary N) is 1. The number of hydrogen-bond donors (Lipinski definition) is 1. The molecule has 1 aromatic rings. The third kappa shape index (κ3) is 4.22. The first kappa shape index (κ1) is 11.7. The monoisotopic (exact) mass is 277 g/mol. The van der Waals surface area contributed by atoms with E-state index >= 15 is 0 Å². The van der Waals surface area contributed by atoms with Gasteiger partial charge in [-0.25, -0.2) is 4.39 Å². The Bertz CT molecular complexity index is 321. The molecule has 0 spiro atoms. The molecule has 0 unspecified atom stereocenters. The SMILES string of the molecule is C=C(Cl)CNCc1cc(F)cc(Br)c1. The highest BCUT2D eigenvalue weighted by Crippen LogP contribution is 2.14. The van der Waals surface area contributed by atoms with Gasteiger partial charge in [-0.3, -0.25) is 0 Å². The maximum absolute atomic E-state index is 12.9. The lowest BCUT2D eigenvalue weighted by Gasteiger charge is -2.04. The van der Waals surface area contributed by atoms with Gasteiger partial charge in [0.15, 0.2) is 0 Å². The van der Waals surface area contributed by atoms with Crippen LogP contribution in [0.15, 0.2) is 34.3 Å². The smallest absolute Gasteiger partial charge is 0.124 e. The first-order chi connectivity index (χ1) is 6.58. The fraction of sp³-hybridized carbons (Fsp3) is 0.200. The molecule has 0 atom stereocenters. The zero-order valence-corrected chi connectivity index (χ0v) is 9.83. The topological polar surface area (TPSA) is 12.0 Å². The molecule has 0 aliphatic carbocycles. The lowest BCUT2D eigenvalue weighted by molar-refractivity contribution is 0.621. The summed E-state index contributed by atoms with van der Waals surface area (Å²) in [5.41, 5.74) is 0.870. The zero-order chi connectivity index (χ0) is 10.6. The second kappa shape index (κ2) is 5.49. The van der Waals surface area contributed by atoms with Crippen molar-refractivity contribution >= 4 is 27.5 Å².